The molecule has 3 heteroatoms. The highest BCUT2D eigenvalue weighted by Gasteiger charge is 2.28. The molecule has 0 unspecified atom stereocenters. The summed E-state index contributed by atoms with van der Waals surface area (Å²) in [7, 11) is 0. The molecule has 1 fully saturated rings. The van der Waals surface area contributed by atoms with Gasteiger partial charge in [0.25, 0.3) is 0 Å². The van der Waals surface area contributed by atoms with E-state index in [2.05, 4.69) is 46.0 Å². The zero-order chi connectivity index (χ0) is 11.5. The molecular weight excluding hydrogens is 264 g/mol. The summed E-state index contributed by atoms with van der Waals surface area (Å²) < 4.78 is 1.13. The molecule has 0 bridgehead atoms. The maximum Gasteiger partial charge on any atom is 0.0383 e. The van der Waals surface area contributed by atoms with Crippen LogP contribution in [-0.2, 0) is 6.54 Å². The summed E-state index contributed by atoms with van der Waals surface area (Å²) in [5.41, 5.74) is 8.23. The number of halogens is 1. The molecule has 1 aliphatic carbocycles. The number of nitrogens with two attached hydrogens (primary N) is 1. The standard InChI is InChI=1S/C13H19BrN2/c1-2-5-16(12-3-4-12)13-7-10(9-15)6-11(14)8-13/h6-8,12H,2-5,9,15H2,1H3. The summed E-state index contributed by atoms with van der Waals surface area (Å²) in [5, 5.41) is 0. The molecule has 0 amide bonds. The van der Waals surface area contributed by atoms with Crippen LogP contribution >= 0.6 is 15.9 Å². The molecule has 1 aromatic carbocycles. The van der Waals surface area contributed by atoms with Gasteiger partial charge < -0.3 is 10.6 Å². The molecule has 1 aliphatic rings. The van der Waals surface area contributed by atoms with Gasteiger partial charge in [-0.05, 0) is 43.0 Å². The minimum Gasteiger partial charge on any atom is -0.369 e. The van der Waals surface area contributed by atoms with Crippen molar-refractivity contribution < 1.29 is 0 Å². The highest BCUT2D eigenvalue weighted by atomic mass is 79.9. The molecule has 0 radical (unpaired) electrons. The fraction of sp³-hybridized carbons (Fsp3) is 0.538. The van der Waals surface area contributed by atoms with Gasteiger partial charge in [-0.25, -0.2) is 0 Å². The lowest BCUT2D eigenvalue weighted by atomic mass is 10.2. The third kappa shape index (κ3) is 2.77. The zero-order valence-corrected chi connectivity index (χ0v) is 11.3. The predicted octanol–water partition coefficient (Wildman–Crippen LogP) is 3.29. The van der Waals surface area contributed by atoms with Gasteiger partial charge in [0.1, 0.15) is 0 Å². The molecular formula is C13H19BrN2. The lowest BCUT2D eigenvalue weighted by Crippen LogP contribution is -2.26. The zero-order valence-electron chi connectivity index (χ0n) is 9.75. The van der Waals surface area contributed by atoms with Crippen molar-refractivity contribution in [1.82, 2.24) is 0 Å². The maximum absolute atomic E-state index is 5.71. The van der Waals surface area contributed by atoms with Gasteiger partial charge in [0.05, 0.1) is 0 Å². The van der Waals surface area contributed by atoms with E-state index in [0.29, 0.717) is 6.54 Å². The fourth-order valence-corrected chi connectivity index (χ4v) is 2.60. The first-order valence-electron chi connectivity index (χ1n) is 6.00. The Bertz CT molecular complexity index is 361. The normalized spacial score (nSPS) is 15.2. The molecule has 1 saturated carbocycles. The molecule has 0 heterocycles. The van der Waals surface area contributed by atoms with E-state index in [9.17, 15) is 0 Å². The Morgan fingerprint density at radius 2 is 2.12 bits per heavy atom. The Morgan fingerprint density at radius 1 is 1.38 bits per heavy atom. The third-order valence-corrected chi connectivity index (χ3v) is 3.42. The molecule has 0 aliphatic heterocycles. The van der Waals surface area contributed by atoms with Crippen molar-refractivity contribution in [2.45, 2.75) is 38.8 Å². The fourth-order valence-electron chi connectivity index (χ4n) is 2.07. The second kappa shape index (κ2) is 5.19. The average molecular weight is 283 g/mol. The smallest absolute Gasteiger partial charge is 0.0383 e. The molecule has 0 aromatic heterocycles. The van der Waals surface area contributed by atoms with Crippen LogP contribution in [0.25, 0.3) is 0 Å². The van der Waals surface area contributed by atoms with Gasteiger partial charge in [-0.1, -0.05) is 22.9 Å². The van der Waals surface area contributed by atoms with E-state index < -0.39 is 0 Å². The molecule has 2 N–H and O–H groups in total. The number of nitrogens with zero attached hydrogens (tertiary/aromatic N) is 1. The van der Waals surface area contributed by atoms with Gasteiger partial charge in [-0.3, -0.25) is 0 Å². The van der Waals surface area contributed by atoms with E-state index in [-0.39, 0.29) is 0 Å². The van der Waals surface area contributed by atoms with Gasteiger partial charge in [0.2, 0.25) is 0 Å². The van der Waals surface area contributed by atoms with Crippen molar-refractivity contribution >= 4 is 21.6 Å². The predicted molar refractivity (Wildman–Crippen MR) is 72.7 cm³/mol. The molecule has 2 nitrogen and oxygen atoms in total. The van der Waals surface area contributed by atoms with E-state index in [1.807, 2.05) is 0 Å². The Morgan fingerprint density at radius 3 is 2.69 bits per heavy atom. The van der Waals surface area contributed by atoms with Crippen molar-refractivity contribution in [3.8, 4) is 0 Å². The van der Waals surface area contributed by atoms with Crippen LogP contribution in [0.3, 0.4) is 0 Å². The van der Waals surface area contributed by atoms with E-state index in [1.165, 1.54) is 30.5 Å². The molecule has 2 rings (SSSR count). The quantitative estimate of drug-likeness (QED) is 0.898. The van der Waals surface area contributed by atoms with Crippen molar-refractivity contribution in [2.75, 3.05) is 11.4 Å². The third-order valence-electron chi connectivity index (χ3n) is 2.96. The lowest BCUT2D eigenvalue weighted by Gasteiger charge is -2.25. The second-order valence-electron chi connectivity index (χ2n) is 4.45. The monoisotopic (exact) mass is 282 g/mol. The van der Waals surface area contributed by atoms with Crippen molar-refractivity contribution in [3.63, 3.8) is 0 Å². The van der Waals surface area contributed by atoms with Gasteiger partial charge in [0.15, 0.2) is 0 Å². The van der Waals surface area contributed by atoms with Crippen molar-refractivity contribution in [3.05, 3.63) is 28.2 Å². The second-order valence-corrected chi connectivity index (χ2v) is 5.36. The largest absolute Gasteiger partial charge is 0.369 e. The Hall–Kier alpha value is -0.540. The maximum atomic E-state index is 5.71. The Balaban J connectivity index is 2.25. The number of anilines is 1. The summed E-state index contributed by atoms with van der Waals surface area (Å²) in [6, 6.07) is 7.28. The SMILES string of the molecule is CCCN(c1cc(Br)cc(CN)c1)C1CC1. The lowest BCUT2D eigenvalue weighted by molar-refractivity contribution is 0.762. The summed E-state index contributed by atoms with van der Waals surface area (Å²) in [6.07, 6.45) is 3.87. The molecule has 88 valence electrons. The van der Waals surface area contributed by atoms with Crippen LogP contribution in [0.2, 0.25) is 0 Å². The molecule has 0 atom stereocenters. The molecule has 0 spiro atoms. The Kier molecular flexibility index (Phi) is 3.87. The first-order chi connectivity index (χ1) is 7.74. The van der Waals surface area contributed by atoms with Gasteiger partial charge in [-0.15, -0.1) is 0 Å². The number of hydrogen-bond acceptors (Lipinski definition) is 2. The molecule has 16 heavy (non-hydrogen) atoms. The minimum absolute atomic E-state index is 0.608. The Labute approximate surface area is 106 Å². The van der Waals surface area contributed by atoms with Crippen LogP contribution in [0.4, 0.5) is 5.69 Å². The summed E-state index contributed by atoms with van der Waals surface area (Å²) >= 11 is 3.56. The number of rotatable bonds is 5. The molecule has 1 aromatic rings. The van der Waals surface area contributed by atoms with E-state index in [1.54, 1.807) is 0 Å². The number of benzene rings is 1. The van der Waals surface area contributed by atoms with Crippen LogP contribution in [0.15, 0.2) is 22.7 Å². The average Bonchev–Trinajstić information content (AvgIpc) is 3.08. The minimum atomic E-state index is 0.608. The summed E-state index contributed by atoms with van der Waals surface area (Å²) in [5.74, 6) is 0. The van der Waals surface area contributed by atoms with Crippen molar-refractivity contribution in [1.29, 1.82) is 0 Å². The van der Waals surface area contributed by atoms with Crippen LogP contribution in [-0.4, -0.2) is 12.6 Å². The van der Waals surface area contributed by atoms with Crippen molar-refractivity contribution in [2.24, 2.45) is 5.73 Å². The van der Waals surface area contributed by atoms with Gasteiger partial charge in [0, 0.05) is 29.3 Å². The van der Waals surface area contributed by atoms with E-state index in [0.717, 1.165) is 17.1 Å². The highest BCUT2D eigenvalue weighted by molar-refractivity contribution is 9.10. The highest BCUT2D eigenvalue weighted by Crippen LogP contribution is 2.33. The molecule has 0 saturated heterocycles. The van der Waals surface area contributed by atoms with E-state index in [4.69, 9.17) is 5.73 Å². The van der Waals surface area contributed by atoms with Crippen LogP contribution < -0.4 is 10.6 Å². The van der Waals surface area contributed by atoms with Gasteiger partial charge >= 0.3 is 0 Å². The van der Waals surface area contributed by atoms with E-state index >= 15 is 0 Å². The number of hydrogen-bond donors (Lipinski definition) is 1. The summed E-state index contributed by atoms with van der Waals surface area (Å²) in [6.45, 7) is 3.99. The summed E-state index contributed by atoms with van der Waals surface area (Å²) in [4.78, 5) is 2.52. The first kappa shape index (κ1) is 11.9. The van der Waals surface area contributed by atoms with Crippen LogP contribution in [0.1, 0.15) is 31.7 Å². The van der Waals surface area contributed by atoms with Crippen LogP contribution in [0.5, 0.6) is 0 Å². The topological polar surface area (TPSA) is 29.3 Å². The van der Waals surface area contributed by atoms with Crippen LogP contribution in [0, 0.1) is 0 Å². The van der Waals surface area contributed by atoms with Gasteiger partial charge in [-0.2, -0.15) is 0 Å². The first-order valence-corrected chi connectivity index (χ1v) is 6.80.